The quantitative estimate of drug-likeness (QED) is 0.727. The first-order chi connectivity index (χ1) is 11.0. The van der Waals surface area contributed by atoms with Crippen LogP contribution in [-0.4, -0.2) is 30.3 Å². The zero-order valence-electron chi connectivity index (χ0n) is 12.7. The van der Waals surface area contributed by atoms with Gasteiger partial charge in [-0.1, -0.05) is 0 Å². The van der Waals surface area contributed by atoms with Crippen molar-refractivity contribution in [3.05, 3.63) is 52.5 Å². The number of carbonyl (C=O) groups excluding carboxylic acids is 1. The molecule has 0 bridgehead atoms. The molecule has 0 spiro atoms. The first-order valence-corrected chi connectivity index (χ1v) is 8.13. The van der Waals surface area contributed by atoms with E-state index < -0.39 is 6.10 Å². The van der Waals surface area contributed by atoms with E-state index in [1.807, 2.05) is 16.8 Å². The minimum atomic E-state index is -0.722. The standard InChI is InChI=1S/C16H19FN2O3S/c1-11(22-14-4-2-13(17)3-5-14)8-18-16(21)19-9-15(20)12-6-7-23-10-12/h2-7,10-11,15,20H,8-9H2,1H3,(H2,18,19,21). The van der Waals surface area contributed by atoms with Crippen LogP contribution >= 0.6 is 11.3 Å². The van der Waals surface area contributed by atoms with Gasteiger partial charge in [-0.3, -0.25) is 0 Å². The van der Waals surface area contributed by atoms with Gasteiger partial charge >= 0.3 is 6.03 Å². The fourth-order valence-corrected chi connectivity index (χ4v) is 2.56. The molecule has 0 fully saturated rings. The van der Waals surface area contributed by atoms with Gasteiger partial charge in [-0.15, -0.1) is 0 Å². The molecular formula is C16H19FN2O3S. The zero-order chi connectivity index (χ0) is 16.7. The fraction of sp³-hybridized carbons (Fsp3) is 0.312. The van der Waals surface area contributed by atoms with Crippen molar-refractivity contribution < 1.29 is 19.0 Å². The average molecular weight is 338 g/mol. The summed E-state index contributed by atoms with van der Waals surface area (Å²) in [7, 11) is 0. The van der Waals surface area contributed by atoms with E-state index in [4.69, 9.17) is 4.74 Å². The van der Waals surface area contributed by atoms with Crippen LogP contribution in [0.5, 0.6) is 5.75 Å². The van der Waals surface area contributed by atoms with Crippen LogP contribution in [0, 0.1) is 5.82 Å². The second-order valence-electron chi connectivity index (χ2n) is 5.05. The molecule has 124 valence electrons. The Balaban J connectivity index is 1.66. The molecule has 1 aromatic carbocycles. The highest BCUT2D eigenvalue weighted by Gasteiger charge is 2.11. The van der Waals surface area contributed by atoms with Gasteiger partial charge in [-0.05, 0) is 53.6 Å². The molecular weight excluding hydrogens is 319 g/mol. The first kappa shape index (κ1) is 17.2. The molecule has 0 radical (unpaired) electrons. The van der Waals surface area contributed by atoms with Gasteiger partial charge in [-0.25, -0.2) is 9.18 Å². The predicted octanol–water partition coefficient (Wildman–Crippen LogP) is 2.69. The molecule has 2 amide bonds. The highest BCUT2D eigenvalue weighted by atomic mass is 32.1. The third kappa shape index (κ3) is 5.88. The van der Waals surface area contributed by atoms with Crippen molar-refractivity contribution in [1.29, 1.82) is 0 Å². The normalized spacial score (nSPS) is 13.2. The van der Waals surface area contributed by atoms with Gasteiger partial charge in [0.25, 0.3) is 0 Å². The molecule has 0 aliphatic carbocycles. The molecule has 2 aromatic rings. The third-order valence-electron chi connectivity index (χ3n) is 3.08. The number of nitrogens with one attached hydrogen (secondary N) is 2. The minimum Gasteiger partial charge on any atom is -0.489 e. The lowest BCUT2D eigenvalue weighted by atomic mass is 10.2. The monoisotopic (exact) mass is 338 g/mol. The molecule has 0 aliphatic heterocycles. The number of hydrogen-bond acceptors (Lipinski definition) is 4. The van der Waals surface area contributed by atoms with Gasteiger partial charge in [0.2, 0.25) is 0 Å². The van der Waals surface area contributed by atoms with Crippen molar-refractivity contribution in [2.45, 2.75) is 19.1 Å². The molecule has 2 unspecified atom stereocenters. The van der Waals surface area contributed by atoms with Crippen molar-refractivity contribution in [3.63, 3.8) is 0 Å². The number of amides is 2. The second-order valence-corrected chi connectivity index (χ2v) is 5.83. The van der Waals surface area contributed by atoms with E-state index in [-0.39, 0.29) is 31.0 Å². The van der Waals surface area contributed by atoms with Crippen LogP contribution in [0.15, 0.2) is 41.1 Å². The largest absolute Gasteiger partial charge is 0.489 e. The van der Waals surface area contributed by atoms with E-state index in [0.717, 1.165) is 5.56 Å². The fourth-order valence-electron chi connectivity index (χ4n) is 1.86. The highest BCUT2D eigenvalue weighted by Crippen LogP contribution is 2.15. The summed E-state index contributed by atoms with van der Waals surface area (Å²) < 4.78 is 18.3. The van der Waals surface area contributed by atoms with Gasteiger partial charge in [0, 0.05) is 6.54 Å². The van der Waals surface area contributed by atoms with E-state index in [0.29, 0.717) is 5.75 Å². The van der Waals surface area contributed by atoms with Crippen LogP contribution in [-0.2, 0) is 0 Å². The number of benzene rings is 1. The summed E-state index contributed by atoms with van der Waals surface area (Å²) in [6.45, 7) is 2.22. The number of halogens is 1. The number of aliphatic hydroxyl groups is 1. The molecule has 0 saturated heterocycles. The Hall–Kier alpha value is -2.12. The Morgan fingerprint density at radius 3 is 2.61 bits per heavy atom. The number of rotatable bonds is 7. The van der Waals surface area contributed by atoms with Crippen molar-refractivity contribution in [2.75, 3.05) is 13.1 Å². The van der Waals surface area contributed by atoms with Crippen molar-refractivity contribution in [3.8, 4) is 5.75 Å². The van der Waals surface area contributed by atoms with Gasteiger partial charge in [-0.2, -0.15) is 11.3 Å². The van der Waals surface area contributed by atoms with Gasteiger partial charge in [0.15, 0.2) is 0 Å². The molecule has 2 atom stereocenters. The van der Waals surface area contributed by atoms with E-state index >= 15 is 0 Å². The van der Waals surface area contributed by atoms with Crippen LogP contribution in [0.1, 0.15) is 18.6 Å². The van der Waals surface area contributed by atoms with Crippen LogP contribution in [0.2, 0.25) is 0 Å². The minimum absolute atomic E-state index is 0.135. The lowest BCUT2D eigenvalue weighted by Gasteiger charge is -2.16. The number of aliphatic hydroxyl groups excluding tert-OH is 1. The molecule has 0 saturated carbocycles. The van der Waals surface area contributed by atoms with E-state index in [2.05, 4.69) is 10.6 Å². The average Bonchev–Trinajstić information content (AvgIpc) is 3.07. The predicted molar refractivity (Wildman–Crippen MR) is 87.2 cm³/mol. The van der Waals surface area contributed by atoms with E-state index in [9.17, 15) is 14.3 Å². The molecule has 0 aliphatic rings. The van der Waals surface area contributed by atoms with Crippen molar-refractivity contribution in [2.24, 2.45) is 0 Å². The van der Waals surface area contributed by atoms with Crippen LogP contribution in [0.4, 0.5) is 9.18 Å². The maximum atomic E-state index is 12.8. The summed E-state index contributed by atoms with van der Waals surface area (Å²) in [4.78, 5) is 11.7. The number of hydrogen-bond donors (Lipinski definition) is 3. The molecule has 5 nitrogen and oxygen atoms in total. The molecule has 23 heavy (non-hydrogen) atoms. The molecule has 1 heterocycles. The summed E-state index contributed by atoms with van der Waals surface area (Å²) in [6, 6.07) is 7.12. The number of thiophene rings is 1. The van der Waals surface area contributed by atoms with Crippen LogP contribution < -0.4 is 15.4 Å². The Morgan fingerprint density at radius 1 is 1.26 bits per heavy atom. The first-order valence-electron chi connectivity index (χ1n) is 7.18. The lowest BCUT2D eigenvalue weighted by Crippen LogP contribution is -2.41. The number of carbonyl (C=O) groups is 1. The summed E-state index contributed by atoms with van der Waals surface area (Å²) in [6.07, 6.45) is -0.993. The van der Waals surface area contributed by atoms with Gasteiger partial charge in [0.1, 0.15) is 17.7 Å². The summed E-state index contributed by atoms with van der Waals surface area (Å²) >= 11 is 1.49. The number of urea groups is 1. The lowest BCUT2D eigenvalue weighted by molar-refractivity contribution is 0.171. The number of ether oxygens (including phenoxy) is 1. The zero-order valence-corrected chi connectivity index (χ0v) is 13.5. The molecule has 1 aromatic heterocycles. The maximum Gasteiger partial charge on any atom is 0.315 e. The Bertz CT molecular complexity index is 604. The van der Waals surface area contributed by atoms with E-state index in [1.54, 1.807) is 6.92 Å². The van der Waals surface area contributed by atoms with Crippen LogP contribution in [0.3, 0.4) is 0 Å². The summed E-state index contributed by atoms with van der Waals surface area (Å²) in [5.41, 5.74) is 0.781. The van der Waals surface area contributed by atoms with Crippen LogP contribution in [0.25, 0.3) is 0 Å². The van der Waals surface area contributed by atoms with Gasteiger partial charge in [0.05, 0.1) is 12.6 Å². The topological polar surface area (TPSA) is 70.6 Å². The molecule has 2 rings (SSSR count). The van der Waals surface area contributed by atoms with E-state index in [1.165, 1.54) is 35.6 Å². The SMILES string of the molecule is CC(CNC(=O)NCC(O)c1ccsc1)Oc1ccc(F)cc1. The Labute approximate surface area is 138 Å². The third-order valence-corrected chi connectivity index (χ3v) is 3.79. The van der Waals surface area contributed by atoms with Gasteiger partial charge < -0.3 is 20.5 Å². The smallest absolute Gasteiger partial charge is 0.315 e. The molecule has 7 heteroatoms. The maximum absolute atomic E-state index is 12.8. The molecule has 3 N–H and O–H groups in total. The highest BCUT2D eigenvalue weighted by molar-refractivity contribution is 7.07. The summed E-state index contributed by atoms with van der Waals surface area (Å²) in [5, 5.41) is 18.8. The summed E-state index contributed by atoms with van der Waals surface area (Å²) in [5.74, 6) is 0.209. The van der Waals surface area contributed by atoms with Crippen molar-refractivity contribution in [1.82, 2.24) is 10.6 Å². The second kappa shape index (κ2) is 8.50. The Morgan fingerprint density at radius 2 is 1.96 bits per heavy atom. The van der Waals surface area contributed by atoms with Crippen molar-refractivity contribution >= 4 is 17.4 Å². The Kier molecular flexibility index (Phi) is 6.37.